The summed E-state index contributed by atoms with van der Waals surface area (Å²) in [4.78, 5) is 21.1. The standard InChI is InChI=1S/C23H28N4O2/c1-13(2)14(3)12-27-22-20(21(26-27)15(4)28)9-19(17-10-24-16(5)25-11-17)18-7-6-8-29-23(18)22/h9-11,13-14H,6-8,12H2,1-5H3. The molecule has 1 aliphatic rings. The second-order valence-electron chi connectivity index (χ2n) is 8.41. The lowest BCUT2D eigenvalue weighted by Gasteiger charge is -2.23. The molecule has 2 aromatic heterocycles. The normalized spacial score (nSPS) is 14.7. The molecule has 6 nitrogen and oxygen atoms in total. The van der Waals surface area contributed by atoms with E-state index in [0.717, 1.165) is 58.6 Å². The van der Waals surface area contributed by atoms with E-state index in [9.17, 15) is 4.79 Å². The Morgan fingerprint density at radius 3 is 2.62 bits per heavy atom. The van der Waals surface area contributed by atoms with Gasteiger partial charge in [0.05, 0.1) is 6.61 Å². The predicted octanol–water partition coefficient (Wildman–Crippen LogP) is 4.62. The number of aromatic nitrogens is 4. The topological polar surface area (TPSA) is 69.9 Å². The monoisotopic (exact) mass is 392 g/mol. The van der Waals surface area contributed by atoms with Crippen molar-refractivity contribution in [2.75, 3.05) is 6.61 Å². The number of carbonyl (C=O) groups is 1. The lowest BCUT2D eigenvalue weighted by molar-refractivity contribution is 0.101. The zero-order valence-corrected chi connectivity index (χ0v) is 17.8. The van der Waals surface area contributed by atoms with Crippen molar-refractivity contribution in [3.05, 3.63) is 35.5 Å². The number of nitrogens with zero attached hydrogens (tertiary/aromatic N) is 4. The number of hydrogen-bond donors (Lipinski definition) is 0. The number of hydrogen-bond acceptors (Lipinski definition) is 5. The predicted molar refractivity (Wildman–Crippen MR) is 113 cm³/mol. The van der Waals surface area contributed by atoms with Crippen LogP contribution >= 0.6 is 0 Å². The molecule has 1 aliphatic heterocycles. The van der Waals surface area contributed by atoms with Gasteiger partial charge in [-0.15, -0.1) is 0 Å². The fourth-order valence-corrected chi connectivity index (χ4v) is 3.84. The Morgan fingerprint density at radius 1 is 1.24 bits per heavy atom. The number of rotatable bonds is 5. The lowest BCUT2D eigenvalue weighted by atomic mass is 9.93. The van der Waals surface area contributed by atoms with Crippen molar-refractivity contribution in [2.24, 2.45) is 11.8 Å². The van der Waals surface area contributed by atoms with Gasteiger partial charge in [-0.25, -0.2) is 9.97 Å². The molecule has 1 atom stereocenters. The van der Waals surface area contributed by atoms with Crippen molar-refractivity contribution >= 4 is 16.7 Å². The van der Waals surface area contributed by atoms with Crippen LogP contribution < -0.4 is 4.74 Å². The van der Waals surface area contributed by atoms with Gasteiger partial charge in [0.1, 0.15) is 22.8 Å². The molecule has 3 aromatic rings. The van der Waals surface area contributed by atoms with Crippen LogP contribution in [0.1, 0.15) is 56.0 Å². The molecule has 152 valence electrons. The molecule has 0 radical (unpaired) electrons. The van der Waals surface area contributed by atoms with Crippen molar-refractivity contribution in [3.8, 4) is 16.9 Å². The lowest BCUT2D eigenvalue weighted by Crippen LogP contribution is -2.16. The van der Waals surface area contributed by atoms with E-state index in [0.29, 0.717) is 24.1 Å². The van der Waals surface area contributed by atoms with E-state index in [1.54, 1.807) is 6.92 Å². The molecular weight excluding hydrogens is 364 g/mol. The maximum Gasteiger partial charge on any atom is 0.180 e. The van der Waals surface area contributed by atoms with Crippen LogP contribution in [0.25, 0.3) is 22.0 Å². The van der Waals surface area contributed by atoms with Crippen LogP contribution in [-0.2, 0) is 13.0 Å². The molecule has 0 aliphatic carbocycles. The molecular formula is C23H28N4O2. The first-order chi connectivity index (χ1) is 13.9. The van der Waals surface area contributed by atoms with E-state index in [1.807, 2.05) is 24.0 Å². The van der Waals surface area contributed by atoms with E-state index < -0.39 is 0 Å². The van der Waals surface area contributed by atoms with Crippen molar-refractivity contribution < 1.29 is 9.53 Å². The summed E-state index contributed by atoms with van der Waals surface area (Å²) in [7, 11) is 0. The number of fused-ring (bicyclic) bond motifs is 3. The van der Waals surface area contributed by atoms with Gasteiger partial charge in [-0.3, -0.25) is 9.48 Å². The van der Waals surface area contributed by atoms with E-state index in [4.69, 9.17) is 9.84 Å². The highest BCUT2D eigenvalue weighted by molar-refractivity contribution is 6.08. The van der Waals surface area contributed by atoms with E-state index in [1.165, 1.54) is 0 Å². The Hall–Kier alpha value is -2.76. The molecule has 0 saturated heterocycles. The first-order valence-electron chi connectivity index (χ1n) is 10.4. The molecule has 0 bridgehead atoms. The number of ether oxygens (including phenoxy) is 1. The summed E-state index contributed by atoms with van der Waals surface area (Å²) in [5.74, 6) is 2.52. The summed E-state index contributed by atoms with van der Waals surface area (Å²) in [6, 6.07) is 2.08. The zero-order valence-electron chi connectivity index (χ0n) is 17.8. The van der Waals surface area contributed by atoms with Crippen LogP contribution in [0.3, 0.4) is 0 Å². The van der Waals surface area contributed by atoms with Crippen LogP contribution in [0.4, 0.5) is 0 Å². The molecule has 1 unspecified atom stereocenters. The van der Waals surface area contributed by atoms with E-state index >= 15 is 0 Å². The van der Waals surface area contributed by atoms with Crippen molar-refractivity contribution in [3.63, 3.8) is 0 Å². The molecule has 29 heavy (non-hydrogen) atoms. The van der Waals surface area contributed by atoms with Gasteiger partial charge in [0.2, 0.25) is 0 Å². The first-order valence-corrected chi connectivity index (χ1v) is 10.4. The molecule has 1 aromatic carbocycles. The average molecular weight is 393 g/mol. The summed E-state index contributed by atoms with van der Waals surface area (Å²) in [5.41, 5.74) is 4.57. The largest absolute Gasteiger partial charge is 0.491 e. The van der Waals surface area contributed by atoms with E-state index in [2.05, 4.69) is 36.8 Å². The number of carbonyl (C=O) groups excluding carboxylic acids is 1. The summed E-state index contributed by atoms with van der Waals surface area (Å²) in [5, 5.41) is 5.58. The maximum absolute atomic E-state index is 12.4. The van der Waals surface area contributed by atoms with Crippen LogP contribution in [0.15, 0.2) is 18.5 Å². The third kappa shape index (κ3) is 3.52. The third-order valence-corrected chi connectivity index (χ3v) is 5.93. The van der Waals surface area contributed by atoms with Gasteiger partial charge in [0.25, 0.3) is 0 Å². The SMILES string of the molecule is CC(=O)c1nn(CC(C)C(C)C)c2c3c(c(-c4cnc(C)nc4)cc12)CCCO3. The highest BCUT2D eigenvalue weighted by atomic mass is 16.5. The van der Waals surface area contributed by atoms with Crippen LogP contribution in [0.2, 0.25) is 0 Å². The quantitative estimate of drug-likeness (QED) is 0.593. The maximum atomic E-state index is 12.4. The molecule has 0 amide bonds. The highest BCUT2D eigenvalue weighted by Gasteiger charge is 2.26. The van der Waals surface area contributed by atoms with Gasteiger partial charge >= 0.3 is 0 Å². The minimum absolute atomic E-state index is 0.0344. The van der Waals surface area contributed by atoms with Gasteiger partial charge in [-0.2, -0.15) is 5.10 Å². The fraction of sp³-hybridized carbons (Fsp3) is 0.478. The van der Waals surface area contributed by atoms with Crippen molar-refractivity contribution in [1.29, 1.82) is 0 Å². The summed E-state index contributed by atoms with van der Waals surface area (Å²) < 4.78 is 8.17. The van der Waals surface area contributed by atoms with Gasteiger partial charge in [-0.05, 0) is 43.2 Å². The number of Topliss-reactive ketones (excluding diaryl/α,β-unsaturated/α-hetero) is 1. The number of ketones is 1. The molecule has 4 rings (SSSR count). The van der Waals surface area contributed by atoms with Crippen molar-refractivity contribution in [2.45, 2.75) is 54.0 Å². The first kappa shape index (κ1) is 19.6. The second-order valence-corrected chi connectivity index (χ2v) is 8.41. The Kier molecular flexibility index (Phi) is 5.11. The Bertz CT molecular complexity index is 1070. The van der Waals surface area contributed by atoms with Gasteiger partial charge < -0.3 is 4.74 Å². The smallest absolute Gasteiger partial charge is 0.180 e. The Morgan fingerprint density at radius 2 is 1.97 bits per heavy atom. The summed E-state index contributed by atoms with van der Waals surface area (Å²) >= 11 is 0. The molecule has 6 heteroatoms. The highest BCUT2D eigenvalue weighted by Crippen LogP contribution is 2.42. The zero-order chi connectivity index (χ0) is 20.7. The average Bonchev–Trinajstić information content (AvgIpc) is 3.07. The molecule has 0 N–H and O–H groups in total. The van der Waals surface area contributed by atoms with Gasteiger partial charge in [0, 0.05) is 42.4 Å². The minimum Gasteiger partial charge on any atom is -0.491 e. The minimum atomic E-state index is -0.0344. The Balaban J connectivity index is 1.99. The molecule has 0 saturated carbocycles. The number of aryl methyl sites for hydroxylation is 1. The molecule has 3 heterocycles. The van der Waals surface area contributed by atoms with E-state index in [-0.39, 0.29) is 5.78 Å². The number of benzene rings is 1. The summed E-state index contributed by atoms with van der Waals surface area (Å²) in [6.07, 6.45) is 5.58. The fourth-order valence-electron chi connectivity index (χ4n) is 3.84. The van der Waals surface area contributed by atoms with Crippen LogP contribution in [-0.4, -0.2) is 32.1 Å². The summed E-state index contributed by atoms with van der Waals surface area (Å²) in [6.45, 7) is 11.5. The third-order valence-electron chi connectivity index (χ3n) is 5.93. The Labute approximate surface area is 171 Å². The van der Waals surface area contributed by atoms with Crippen molar-refractivity contribution in [1.82, 2.24) is 19.7 Å². The van der Waals surface area contributed by atoms with Gasteiger partial charge in [-0.1, -0.05) is 20.8 Å². The molecule has 0 fully saturated rings. The van der Waals surface area contributed by atoms with Crippen LogP contribution in [0.5, 0.6) is 5.75 Å². The van der Waals surface area contributed by atoms with Crippen LogP contribution in [0, 0.1) is 18.8 Å². The molecule has 0 spiro atoms. The second kappa shape index (κ2) is 7.58. The van der Waals surface area contributed by atoms with Gasteiger partial charge in [0.15, 0.2) is 5.78 Å².